The van der Waals surface area contributed by atoms with Crippen molar-refractivity contribution >= 4 is 0 Å². The number of hydrogen-bond acceptors (Lipinski definition) is 4. The van der Waals surface area contributed by atoms with Crippen molar-refractivity contribution in [2.75, 3.05) is 14.2 Å². The molecule has 0 amide bonds. The Labute approximate surface area is 115 Å². The van der Waals surface area contributed by atoms with Gasteiger partial charge < -0.3 is 20.3 Å². The standard InChI is InChI=1S/C15H25NO3/c1-15(2,3)14(16)9-13(17)10-6-11(18-4)8-12(7-10)19-5/h6-8,13-14,17H,9,16H2,1-5H3/t13-,14-/m1/s1. The van der Waals surface area contributed by atoms with E-state index in [1.165, 1.54) is 0 Å². The molecule has 4 heteroatoms. The van der Waals surface area contributed by atoms with Crippen LogP contribution >= 0.6 is 0 Å². The predicted molar refractivity (Wildman–Crippen MR) is 76.6 cm³/mol. The van der Waals surface area contributed by atoms with Crippen LogP contribution in [0.15, 0.2) is 18.2 Å². The van der Waals surface area contributed by atoms with Crippen molar-refractivity contribution in [3.63, 3.8) is 0 Å². The van der Waals surface area contributed by atoms with E-state index in [2.05, 4.69) is 20.8 Å². The molecule has 0 bridgehead atoms. The zero-order valence-electron chi connectivity index (χ0n) is 12.4. The number of aliphatic hydroxyl groups excluding tert-OH is 1. The molecule has 1 rings (SSSR count). The lowest BCUT2D eigenvalue weighted by atomic mass is 9.83. The fourth-order valence-electron chi connectivity index (χ4n) is 1.75. The molecule has 0 aliphatic carbocycles. The topological polar surface area (TPSA) is 64.7 Å². The molecule has 0 saturated carbocycles. The molecule has 0 unspecified atom stereocenters. The average molecular weight is 267 g/mol. The minimum atomic E-state index is -0.627. The molecule has 1 aromatic rings. The van der Waals surface area contributed by atoms with Gasteiger partial charge in [-0.15, -0.1) is 0 Å². The molecule has 2 atom stereocenters. The highest BCUT2D eigenvalue weighted by molar-refractivity contribution is 5.39. The number of aliphatic hydroxyl groups is 1. The molecule has 0 aromatic heterocycles. The molecule has 3 N–H and O–H groups in total. The summed E-state index contributed by atoms with van der Waals surface area (Å²) in [6.07, 6.45) is -0.127. The molecule has 4 nitrogen and oxygen atoms in total. The maximum absolute atomic E-state index is 10.3. The zero-order valence-corrected chi connectivity index (χ0v) is 12.4. The Bertz CT molecular complexity index is 390. The zero-order chi connectivity index (χ0) is 14.6. The molecule has 0 spiro atoms. The van der Waals surface area contributed by atoms with Crippen molar-refractivity contribution in [3.8, 4) is 11.5 Å². The van der Waals surface area contributed by atoms with E-state index < -0.39 is 6.10 Å². The molecule has 0 radical (unpaired) electrons. The first-order chi connectivity index (χ1) is 8.77. The minimum Gasteiger partial charge on any atom is -0.497 e. The molecule has 0 aliphatic rings. The highest BCUT2D eigenvalue weighted by atomic mass is 16.5. The van der Waals surface area contributed by atoms with Gasteiger partial charge in [0.15, 0.2) is 0 Å². The second-order valence-electron chi connectivity index (χ2n) is 5.87. The quantitative estimate of drug-likeness (QED) is 0.860. The van der Waals surface area contributed by atoms with Crippen LogP contribution in [0.5, 0.6) is 11.5 Å². The number of ether oxygens (including phenoxy) is 2. The molecule has 0 fully saturated rings. The van der Waals surface area contributed by atoms with Crippen molar-refractivity contribution in [3.05, 3.63) is 23.8 Å². The molecule has 19 heavy (non-hydrogen) atoms. The van der Waals surface area contributed by atoms with Crippen LogP contribution in [0.2, 0.25) is 0 Å². The summed E-state index contributed by atoms with van der Waals surface area (Å²) in [5.41, 5.74) is 6.83. The number of nitrogens with two attached hydrogens (primary N) is 1. The number of benzene rings is 1. The molecule has 0 saturated heterocycles. The molecular weight excluding hydrogens is 242 g/mol. The normalized spacial score (nSPS) is 14.9. The van der Waals surface area contributed by atoms with Crippen molar-refractivity contribution < 1.29 is 14.6 Å². The van der Waals surface area contributed by atoms with E-state index >= 15 is 0 Å². The lowest BCUT2D eigenvalue weighted by Gasteiger charge is -2.29. The van der Waals surface area contributed by atoms with Gasteiger partial charge in [-0.1, -0.05) is 20.8 Å². The number of methoxy groups -OCH3 is 2. The smallest absolute Gasteiger partial charge is 0.122 e. The molecule has 0 aliphatic heterocycles. The molecule has 108 valence electrons. The Balaban J connectivity index is 2.90. The van der Waals surface area contributed by atoms with E-state index in [9.17, 15) is 5.11 Å². The Morgan fingerprint density at radius 3 is 1.95 bits per heavy atom. The highest BCUT2D eigenvalue weighted by Gasteiger charge is 2.24. The van der Waals surface area contributed by atoms with Crippen LogP contribution in [0.1, 0.15) is 38.9 Å². The van der Waals surface area contributed by atoms with Crippen LogP contribution in [0.3, 0.4) is 0 Å². The summed E-state index contributed by atoms with van der Waals surface area (Å²) >= 11 is 0. The van der Waals surface area contributed by atoms with Gasteiger partial charge in [0.25, 0.3) is 0 Å². The van der Waals surface area contributed by atoms with Crippen LogP contribution in [-0.2, 0) is 0 Å². The fraction of sp³-hybridized carbons (Fsp3) is 0.600. The van der Waals surface area contributed by atoms with Crippen molar-refractivity contribution in [1.82, 2.24) is 0 Å². The monoisotopic (exact) mass is 267 g/mol. The Morgan fingerprint density at radius 2 is 1.58 bits per heavy atom. The van der Waals surface area contributed by atoms with Gasteiger partial charge in [0.05, 0.1) is 20.3 Å². The van der Waals surface area contributed by atoms with Crippen LogP contribution in [-0.4, -0.2) is 25.4 Å². The van der Waals surface area contributed by atoms with Crippen LogP contribution in [0.25, 0.3) is 0 Å². The third kappa shape index (κ3) is 4.40. The van der Waals surface area contributed by atoms with E-state index in [0.717, 1.165) is 5.56 Å². The Morgan fingerprint density at radius 1 is 1.11 bits per heavy atom. The predicted octanol–water partition coefficient (Wildman–Crippen LogP) is 2.50. The first-order valence-electron chi connectivity index (χ1n) is 6.44. The van der Waals surface area contributed by atoms with E-state index in [1.807, 2.05) is 12.1 Å². The molecule has 1 aromatic carbocycles. The number of rotatable bonds is 5. The summed E-state index contributed by atoms with van der Waals surface area (Å²) in [5, 5.41) is 10.3. The van der Waals surface area contributed by atoms with Gasteiger partial charge in [-0.25, -0.2) is 0 Å². The summed E-state index contributed by atoms with van der Waals surface area (Å²) in [4.78, 5) is 0. The van der Waals surface area contributed by atoms with E-state index in [-0.39, 0.29) is 11.5 Å². The van der Waals surface area contributed by atoms with E-state index in [0.29, 0.717) is 17.9 Å². The Kier molecular flexibility index (Phi) is 5.20. The number of hydrogen-bond donors (Lipinski definition) is 2. The third-order valence-corrected chi connectivity index (χ3v) is 3.35. The van der Waals surface area contributed by atoms with Gasteiger partial charge in [0, 0.05) is 12.1 Å². The summed E-state index contributed by atoms with van der Waals surface area (Å²) in [6.45, 7) is 6.20. The highest BCUT2D eigenvalue weighted by Crippen LogP contribution is 2.31. The van der Waals surface area contributed by atoms with Gasteiger partial charge >= 0.3 is 0 Å². The second kappa shape index (κ2) is 6.26. The van der Waals surface area contributed by atoms with Gasteiger partial charge in [0.1, 0.15) is 11.5 Å². The summed E-state index contributed by atoms with van der Waals surface area (Å²) in [6, 6.07) is 5.31. The average Bonchev–Trinajstić information content (AvgIpc) is 2.36. The van der Waals surface area contributed by atoms with Crippen molar-refractivity contribution in [1.29, 1.82) is 0 Å². The van der Waals surface area contributed by atoms with Crippen LogP contribution < -0.4 is 15.2 Å². The Hall–Kier alpha value is -1.26. The lowest BCUT2D eigenvalue weighted by Crippen LogP contribution is -2.36. The van der Waals surface area contributed by atoms with Crippen LogP contribution in [0, 0.1) is 5.41 Å². The van der Waals surface area contributed by atoms with Crippen molar-refractivity contribution in [2.45, 2.75) is 39.3 Å². The SMILES string of the molecule is COc1cc(OC)cc([C@H](O)C[C@@H](N)C(C)(C)C)c1. The molecular formula is C15H25NO3. The first kappa shape index (κ1) is 15.8. The van der Waals surface area contributed by atoms with Gasteiger partial charge in [-0.05, 0) is 29.5 Å². The van der Waals surface area contributed by atoms with E-state index in [1.54, 1.807) is 20.3 Å². The summed E-state index contributed by atoms with van der Waals surface area (Å²) in [7, 11) is 3.18. The van der Waals surface area contributed by atoms with Crippen molar-refractivity contribution in [2.24, 2.45) is 11.1 Å². The second-order valence-corrected chi connectivity index (χ2v) is 5.87. The summed E-state index contributed by atoms with van der Waals surface area (Å²) < 4.78 is 10.4. The maximum Gasteiger partial charge on any atom is 0.122 e. The van der Waals surface area contributed by atoms with Gasteiger partial charge in [-0.3, -0.25) is 0 Å². The largest absolute Gasteiger partial charge is 0.497 e. The lowest BCUT2D eigenvalue weighted by molar-refractivity contribution is 0.133. The first-order valence-corrected chi connectivity index (χ1v) is 6.44. The minimum absolute atomic E-state index is 0.0378. The maximum atomic E-state index is 10.3. The fourth-order valence-corrected chi connectivity index (χ4v) is 1.75. The van der Waals surface area contributed by atoms with Crippen LogP contribution in [0.4, 0.5) is 0 Å². The van der Waals surface area contributed by atoms with Gasteiger partial charge in [0.2, 0.25) is 0 Å². The van der Waals surface area contributed by atoms with Gasteiger partial charge in [-0.2, -0.15) is 0 Å². The summed E-state index contributed by atoms with van der Waals surface area (Å²) in [5.74, 6) is 1.33. The molecule has 0 heterocycles. The third-order valence-electron chi connectivity index (χ3n) is 3.35. The van der Waals surface area contributed by atoms with E-state index in [4.69, 9.17) is 15.2 Å².